The van der Waals surface area contributed by atoms with Crippen LogP contribution in [0, 0.1) is 5.82 Å². The molecular formula is C23H23FN4O4. The first kappa shape index (κ1) is 20.3. The van der Waals surface area contributed by atoms with Crippen LogP contribution in [0.1, 0.15) is 40.6 Å². The number of H-pyrrole nitrogens is 1. The van der Waals surface area contributed by atoms with Gasteiger partial charge in [-0.2, -0.15) is 0 Å². The predicted octanol–water partition coefficient (Wildman–Crippen LogP) is 3.12. The molecule has 0 saturated carbocycles. The average Bonchev–Trinajstić information content (AvgIpc) is 3.17. The Bertz CT molecular complexity index is 1220. The molecule has 0 aliphatic carbocycles. The number of aromatic amines is 1. The highest BCUT2D eigenvalue weighted by molar-refractivity contribution is 6.02. The van der Waals surface area contributed by atoms with Gasteiger partial charge in [-0.15, -0.1) is 0 Å². The fourth-order valence-corrected chi connectivity index (χ4v) is 4.71. The molecular weight excluding hydrogens is 415 g/mol. The second-order valence-electron chi connectivity index (χ2n) is 8.11. The van der Waals surface area contributed by atoms with Crippen LogP contribution in [0.25, 0.3) is 10.9 Å². The van der Waals surface area contributed by atoms with Gasteiger partial charge in [0.15, 0.2) is 0 Å². The van der Waals surface area contributed by atoms with Crippen LogP contribution in [0.15, 0.2) is 36.4 Å². The van der Waals surface area contributed by atoms with Crippen molar-refractivity contribution in [3.05, 3.63) is 59.0 Å². The summed E-state index contributed by atoms with van der Waals surface area (Å²) in [6.45, 7) is 0.887. The van der Waals surface area contributed by atoms with Gasteiger partial charge in [0.25, 0.3) is 5.91 Å². The number of rotatable bonds is 5. The molecule has 166 valence electrons. The third kappa shape index (κ3) is 3.25. The summed E-state index contributed by atoms with van der Waals surface area (Å²) >= 11 is 0. The highest BCUT2D eigenvalue weighted by Crippen LogP contribution is 2.43. The normalized spacial score (nSPS) is 17.1. The number of carbonyl (C=O) groups is 2. The smallest absolute Gasteiger partial charge is 0.258 e. The van der Waals surface area contributed by atoms with Gasteiger partial charge in [-0.05, 0) is 54.8 Å². The number of halogens is 1. The van der Waals surface area contributed by atoms with E-state index in [0.717, 1.165) is 22.2 Å². The van der Waals surface area contributed by atoms with Crippen molar-refractivity contribution in [1.29, 1.82) is 0 Å². The Kier molecular flexibility index (Phi) is 4.97. The monoisotopic (exact) mass is 438 g/mol. The molecule has 1 atom stereocenters. The van der Waals surface area contributed by atoms with Crippen LogP contribution in [-0.4, -0.2) is 47.1 Å². The van der Waals surface area contributed by atoms with Crippen molar-refractivity contribution in [3.63, 3.8) is 0 Å². The number of nitrogens with one attached hydrogen (secondary N) is 2. The fraction of sp³-hybridized carbons (Fsp3) is 0.304. The molecule has 0 spiro atoms. The third-order valence-electron chi connectivity index (χ3n) is 6.21. The molecule has 1 unspecified atom stereocenters. The minimum Gasteiger partial charge on any atom is -0.494 e. The molecule has 0 fully saturated rings. The van der Waals surface area contributed by atoms with Crippen molar-refractivity contribution < 1.29 is 23.9 Å². The summed E-state index contributed by atoms with van der Waals surface area (Å²) in [5, 5.41) is 9.59. The maximum Gasteiger partial charge on any atom is 0.258 e. The van der Waals surface area contributed by atoms with Crippen LogP contribution in [0.4, 0.5) is 10.1 Å². The third-order valence-corrected chi connectivity index (χ3v) is 6.21. The summed E-state index contributed by atoms with van der Waals surface area (Å²) in [4.78, 5) is 31.5. The van der Waals surface area contributed by atoms with Gasteiger partial charge in [-0.1, -0.05) is 0 Å². The second kappa shape index (κ2) is 7.83. The number of amides is 2. The maximum atomic E-state index is 13.8. The lowest BCUT2D eigenvalue weighted by Crippen LogP contribution is -2.51. The van der Waals surface area contributed by atoms with E-state index in [9.17, 15) is 14.0 Å². The van der Waals surface area contributed by atoms with Crippen LogP contribution in [-0.2, 0) is 11.2 Å². The van der Waals surface area contributed by atoms with E-state index >= 15 is 0 Å². The van der Waals surface area contributed by atoms with Crippen molar-refractivity contribution in [2.75, 3.05) is 25.1 Å². The lowest BCUT2D eigenvalue weighted by atomic mass is 9.96. The summed E-state index contributed by atoms with van der Waals surface area (Å²) < 4.78 is 19.6. The van der Waals surface area contributed by atoms with Crippen LogP contribution >= 0.6 is 0 Å². The first-order valence-corrected chi connectivity index (χ1v) is 10.5. The van der Waals surface area contributed by atoms with E-state index in [1.807, 2.05) is 30.1 Å². The molecule has 3 aromatic rings. The standard InChI is InChI=1S/C23H23FN4O4/c1-27-19-7-4-13(24)11-17(19)23(30)28-9-8-15-16-12-14(32-10-2-3-20(29)26-31)5-6-18(16)25-21(15)22(27)28/h4-7,11-12,22,25,31H,2-3,8-10H2,1H3,(H,26,29). The van der Waals surface area contributed by atoms with Gasteiger partial charge >= 0.3 is 0 Å². The zero-order valence-corrected chi connectivity index (χ0v) is 17.5. The summed E-state index contributed by atoms with van der Waals surface area (Å²) in [5.41, 5.74) is 5.74. The van der Waals surface area contributed by atoms with Gasteiger partial charge in [0.1, 0.15) is 17.7 Å². The van der Waals surface area contributed by atoms with Gasteiger partial charge in [0.05, 0.1) is 23.6 Å². The minimum atomic E-state index is -0.441. The summed E-state index contributed by atoms with van der Waals surface area (Å²) in [7, 11) is 1.92. The Morgan fingerprint density at radius 1 is 1.31 bits per heavy atom. The van der Waals surface area contributed by atoms with Crippen LogP contribution in [0.2, 0.25) is 0 Å². The Morgan fingerprint density at radius 2 is 2.16 bits per heavy atom. The molecule has 2 amide bonds. The molecule has 9 heteroatoms. The zero-order valence-electron chi connectivity index (χ0n) is 17.5. The van der Waals surface area contributed by atoms with Crippen molar-refractivity contribution in [1.82, 2.24) is 15.4 Å². The van der Waals surface area contributed by atoms with Crippen LogP contribution in [0.3, 0.4) is 0 Å². The van der Waals surface area contributed by atoms with Crippen molar-refractivity contribution in [2.24, 2.45) is 0 Å². The van der Waals surface area contributed by atoms with Crippen LogP contribution < -0.4 is 15.1 Å². The lowest BCUT2D eigenvalue weighted by Gasteiger charge is -2.46. The first-order valence-electron chi connectivity index (χ1n) is 10.5. The summed E-state index contributed by atoms with van der Waals surface area (Å²) in [6.07, 6.45) is 1.05. The van der Waals surface area contributed by atoms with E-state index < -0.39 is 11.7 Å². The Hall–Kier alpha value is -3.59. The molecule has 3 N–H and O–H groups in total. The summed E-state index contributed by atoms with van der Waals surface area (Å²) in [5.74, 6) is -0.330. The number of ether oxygens (including phenoxy) is 1. The fourth-order valence-electron chi connectivity index (χ4n) is 4.71. The first-order chi connectivity index (χ1) is 15.5. The SMILES string of the molecule is CN1c2ccc(F)cc2C(=O)N2CCc3c([nH]c4ccc(OCCCC(=O)NO)cc34)C21. The molecule has 3 heterocycles. The molecule has 1 aromatic heterocycles. The number of carbonyl (C=O) groups excluding carboxylic acids is 2. The highest BCUT2D eigenvalue weighted by Gasteiger charge is 2.41. The molecule has 2 aliphatic heterocycles. The number of benzene rings is 2. The van der Waals surface area contributed by atoms with Gasteiger partial charge in [0.2, 0.25) is 5.91 Å². The number of hydroxylamine groups is 1. The number of fused-ring (bicyclic) bond motifs is 6. The van der Waals surface area contributed by atoms with E-state index in [2.05, 4.69) is 4.98 Å². The van der Waals surface area contributed by atoms with E-state index in [-0.39, 0.29) is 18.5 Å². The average molecular weight is 438 g/mol. The van der Waals surface area contributed by atoms with Crippen LogP contribution in [0.5, 0.6) is 5.75 Å². The topological polar surface area (TPSA) is 97.9 Å². The second-order valence-corrected chi connectivity index (χ2v) is 8.11. The molecule has 0 bridgehead atoms. The van der Waals surface area contributed by atoms with Gasteiger partial charge < -0.3 is 19.5 Å². The molecule has 0 radical (unpaired) electrons. The van der Waals surface area contributed by atoms with E-state index in [1.165, 1.54) is 12.1 Å². The number of anilines is 1. The highest BCUT2D eigenvalue weighted by atomic mass is 19.1. The molecule has 0 saturated heterocycles. The lowest BCUT2D eigenvalue weighted by molar-refractivity contribution is -0.129. The van der Waals surface area contributed by atoms with E-state index in [0.29, 0.717) is 43.0 Å². The molecule has 2 aliphatic rings. The Labute approximate surface area is 183 Å². The van der Waals surface area contributed by atoms with Gasteiger partial charge in [-0.25, -0.2) is 9.87 Å². The Balaban J connectivity index is 1.45. The predicted molar refractivity (Wildman–Crippen MR) is 115 cm³/mol. The van der Waals surface area contributed by atoms with Crippen molar-refractivity contribution in [3.8, 4) is 5.75 Å². The molecule has 5 rings (SSSR count). The zero-order chi connectivity index (χ0) is 22.4. The van der Waals surface area contributed by atoms with Crippen molar-refractivity contribution >= 4 is 28.4 Å². The van der Waals surface area contributed by atoms with E-state index in [1.54, 1.807) is 16.4 Å². The number of aromatic nitrogens is 1. The number of nitrogens with zero attached hydrogens (tertiary/aromatic N) is 2. The van der Waals surface area contributed by atoms with Crippen molar-refractivity contribution in [2.45, 2.75) is 25.4 Å². The number of hydrogen-bond donors (Lipinski definition) is 3. The van der Waals surface area contributed by atoms with Gasteiger partial charge in [0, 0.05) is 30.9 Å². The molecule has 2 aromatic carbocycles. The summed E-state index contributed by atoms with van der Waals surface area (Å²) in [6, 6.07) is 10.1. The minimum absolute atomic E-state index is 0.164. The molecule has 8 nitrogen and oxygen atoms in total. The molecule has 32 heavy (non-hydrogen) atoms. The Morgan fingerprint density at radius 3 is 2.97 bits per heavy atom. The largest absolute Gasteiger partial charge is 0.494 e. The number of hydrogen-bond acceptors (Lipinski definition) is 5. The van der Waals surface area contributed by atoms with Gasteiger partial charge in [-0.3, -0.25) is 14.8 Å². The van der Waals surface area contributed by atoms with E-state index in [4.69, 9.17) is 9.94 Å². The quantitative estimate of drug-likeness (QED) is 0.323. The maximum absolute atomic E-state index is 13.8.